The summed E-state index contributed by atoms with van der Waals surface area (Å²) in [5.74, 6) is -1.70. The van der Waals surface area contributed by atoms with Crippen LogP contribution in [0.25, 0.3) is 0 Å². The first-order chi connectivity index (χ1) is 5.61. The predicted octanol–water partition coefficient (Wildman–Crippen LogP) is 1.01. The van der Waals surface area contributed by atoms with Crippen LogP contribution in [0.1, 0.15) is 10.4 Å². The van der Waals surface area contributed by atoms with Gasteiger partial charge in [0, 0.05) is 10.6 Å². The van der Waals surface area contributed by atoms with Crippen molar-refractivity contribution in [3.8, 4) is 0 Å². The molecule has 0 saturated heterocycles. The molecular weight excluding hydrogens is 178 g/mol. The number of carbonyl (C=O) groups is 2. The van der Waals surface area contributed by atoms with Gasteiger partial charge in [0.15, 0.2) is 0 Å². The van der Waals surface area contributed by atoms with Gasteiger partial charge in [-0.3, -0.25) is 9.59 Å². The Balaban J connectivity index is 3.04. The van der Waals surface area contributed by atoms with E-state index in [0.29, 0.717) is 5.02 Å². The highest BCUT2D eigenvalue weighted by Crippen LogP contribution is 2.10. The summed E-state index contributed by atoms with van der Waals surface area (Å²) in [5.41, 5.74) is 5.00. The third kappa shape index (κ3) is 1.83. The fraction of sp³-hybridized carbons (Fsp3) is 0. The summed E-state index contributed by atoms with van der Waals surface area (Å²) in [6.45, 7) is 0. The van der Waals surface area contributed by atoms with Crippen LogP contribution in [-0.2, 0) is 4.79 Å². The number of hydrogen-bond donors (Lipinski definition) is 1. The molecule has 3 nitrogen and oxygen atoms in total. The molecule has 0 radical (unpaired) electrons. The molecule has 0 aromatic heterocycles. The highest BCUT2D eigenvalue weighted by atomic mass is 35.5. The molecule has 62 valence electrons. The third-order valence-corrected chi connectivity index (χ3v) is 1.55. The molecule has 0 atom stereocenters. The Morgan fingerprint density at radius 1 is 1.33 bits per heavy atom. The second-order valence-electron chi connectivity index (χ2n) is 2.20. The van der Waals surface area contributed by atoms with E-state index in [9.17, 15) is 9.59 Å². The average Bonchev–Trinajstić information content (AvgIpc) is 2.03. The van der Waals surface area contributed by atoms with Crippen molar-refractivity contribution in [3.05, 3.63) is 34.9 Å². The molecule has 1 rings (SSSR count). The third-order valence-electron chi connectivity index (χ3n) is 1.31. The van der Waals surface area contributed by atoms with E-state index in [1.807, 2.05) is 0 Å². The van der Waals surface area contributed by atoms with Gasteiger partial charge in [0.25, 0.3) is 5.91 Å². The number of nitrogens with two attached hydrogens (primary N) is 1. The van der Waals surface area contributed by atoms with E-state index in [-0.39, 0.29) is 5.56 Å². The number of halogens is 1. The van der Waals surface area contributed by atoms with Crippen molar-refractivity contribution in [1.82, 2.24) is 0 Å². The second kappa shape index (κ2) is 3.36. The lowest BCUT2D eigenvalue weighted by Crippen LogP contribution is -2.22. The van der Waals surface area contributed by atoms with Crippen molar-refractivity contribution in [2.45, 2.75) is 0 Å². The van der Waals surface area contributed by atoms with Crippen LogP contribution in [0.3, 0.4) is 0 Å². The van der Waals surface area contributed by atoms with Gasteiger partial charge in [0.1, 0.15) is 0 Å². The van der Waals surface area contributed by atoms with Crippen LogP contribution in [0.15, 0.2) is 24.3 Å². The van der Waals surface area contributed by atoms with Crippen molar-refractivity contribution >= 4 is 23.3 Å². The highest BCUT2D eigenvalue weighted by molar-refractivity contribution is 6.42. The lowest BCUT2D eigenvalue weighted by molar-refractivity contribution is -0.114. The van der Waals surface area contributed by atoms with Crippen molar-refractivity contribution in [3.63, 3.8) is 0 Å². The van der Waals surface area contributed by atoms with E-state index in [1.165, 1.54) is 12.1 Å². The van der Waals surface area contributed by atoms with Gasteiger partial charge >= 0.3 is 0 Å². The first kappa shape index (κ1) is 8.74. The Morgan fingerprint density at radius 2 is 2.00 bits per heavy atom. The standard InChI is InChI=1S/C8H6ClNO2/c9-6-3-1-2-5(4-6)7(11)8(10)12/h1-4H,(H2,10,12). The lowest BCUT2D eigenvalue weighted by atomic mass is 10.1. The van der Waals surface area contributed by atoms with E-state index in [1.54, 1.807) is 12.1 Å². The Hall–Kier alpha value is -1.35. The first-order valence-electron chi connectivity index (χ1n) is 3.21. The van der Waals surface area contributed by atoms with Crippen molar-refractivity contribution in [2.75, 3.05) is 0 Å². The topological polar surface area (TPSA) is 60.2 Å². The largest absolute Gasteiger partial charge is 0.363 e. The van der Waals surface area contributed by atoms with Crippen molar-refractivity contribution < 1.29 is 9.59 Å². The molecule has 1 amide bonds. The molecule has 0 aliphatic rings. The van der Waals surface area contributed by atoms with E-state index in [0.717, 1.165) is 0 Å². The summed E-state index contributed by atoms with van der Waals surface area (Å²) in [7, 11) is 0. The van der Waals surface area contributed by atoms with Crippen LogP contribution in [0.4, 0.5) is 0 Å². The normalized spacial score (nSPS) is 9.42. The number of hydrogen-bond acceptors (Lipinski definition) is 2. The fourth-order valence-electron chi connectivity index (χ4n) is 0.772. The number of ketones is 1. The van der Waals surface area contributed by atoms with E-state index >= 15 is 0 Å². The zero-order valence-corrected chi connectivity index (χ0v) is 6.84. The molecule has 0 spiro atoms. The highest BCUT2D eigenvalue weighted by Gasteiger charge is 2.11. The Morgan fingerprint density at radius 3 is 2.50 bits per heavy atom. The maximum absolute atomic E-state index is 11.0. The van der Waals surface area contributed by atoms with Crippen molar-refractivity contribution in [1.29, 1.82) is 0 Å². The zero-order chi connectivity index (χ0) is 9.14. The van der Waals surface area contributed by atoms with Crippen LogP contribution in [0.2, 0.25) is 5.02 Å². The summed E-state index contributed by atoms with van der Waals surface area (Å²) < 4.78 is 0. The number of primary amides is 1. The second-order valence-corrected chi connectivity index (χ2v) is 2.64. The number of benzene rings is 1. The zero-order valence-electron chi connectivity index (χ0n) is 6.08. The molecule has 12 heavy (non-hydrogen) atoms. The maximum Gasteiger partial charge on any atom is 0.289 e. The number of amides is 1. The minimum atomic E-state index is -0.975. The van der Waals surface area contributed by atoms with Gasteiger partial charge in [0.05, 0.1) is 0 Å². The Labute approximate surface area is 74.1 Å². The molecule has 0 bridgehead atoms. The molecule has 1 aromatic carbocycles. The molecule has 0 saturated carbocycles. The van der Waals surface area contributed by atoms with Crippen LogP contribution < -0.4 is 5.73 Å². The molecule has 1 aromatic rings. The molecular formula is C8H6ClNO2. The average molecular weight is 184 g/mol. The van der Waals surface area contributed by atoms with Gasteiger partial charge in [-0.15, -0.1) is 0 Å². The minimum Gasteiger partial charge on any atom is -0.363 e. The predicted molar refractivity (Wildman–Crippen MR) is 45.0 cm³/mol. The number of carbonyl (C=O) groups excluding carboxylic acids is 2. The fourth-order valence-corrected chi connectivity index (χ4v) is 0.962. The lowest BCUT2D eigenvalue weighted by Gasteiger charge is -1.95. The van der Waals surface area contributed by atoms with Gasteiger partial charge in [-0.25, -0.2) is 0 Å². The van der Waals surface area contributed by atoms with E-state index < -0.39 is 11.7 Å². The smallest absolute Gasteiger partial charge is 0.289 e. The summed E-state index contributed by atoms with van der Waals surface area (Å²) in [6, 6.07) is 6.07. The number of Topliss-reactive ketones (excluding diaryl/α,β-unsaturated/α-hetero) is 1. The Kier molecular flexibility index (Phi) is 2.45. The molecule has 0 aliphatic carbocycles. The molecule has 0 unspecified atom stereocenters. The first-order valence-corrected chi connectivity index (χ1v) is 3.59. The van der Waals surface area contributed by atoms with E-state index in [2.05, 4.69) is 0 Å². The van der Waals surface area contributed by atoms with Gasteiger partial charge in [-0.1, -0.05) is 23.7 Å². The van der Waals surface area contributed by atoms with Crippen LogP contribution in [-0.4, -0.2) is 11.7 Å². The molecule has 0 fully saturated rings. The van der Waals surface area contributed by atoms with Crippen molar-refractivity contribution in [2.24, 2.45) is 5.73 Å². The van der Waals surface area contributed by atoms with Gasteiger partial charge < -0.3 is 5.73 Å². The van der Waals surface area contributed by atoms with Gasteiger partial charge in [-0.2, -0.15) is 0 Å². The molecule has 4 heteroatoms. The molecule has 2 N–H and O–H groups in total. The van der Waals surface area contributed by atoms with Gasteiger partial charge in [0.2, 0.25) is 5.78 Å². The van der Waals surface area contributed by atoms with Crippen LogP contribution in [0.5, 0.6) is 0 Å². The maximum atomic E-state index is 11.0. The Bertz CT molecular complexity index is 336. The van der Waals surface area contributed by atoms with Gasteiger partial charge in [-0.05, 0) is 12.1 Å². The summed E-state index contributed by atoms with van der Waals surface area (Å²) in [5, 5.41) is 0.405. The monoisotopic (exact) mass is 183 g/mol. The summed E-state index contributed by atoms with van der Waals surface area (Å²) in [6.07, 6.45) is 0. The van der Waals surface area contributed by atoms with Crippen LogP contribution >= 0.6 is 11.6 Å². The molecule has 0 heterocycles. The van der Waals surface area contributed by atoms with Crippen LogP contribution in [0, 0.1) is 0 Å². The quantitative estimate of drug-likeness (QED) is 0.550. The number of rotatable bonds is 2. The summed E-state index contributed by atoms with van der Waals surface area (Å²) in [4.78, 5) is 21.4. The van der Waals surface area contributed by atoms with E-state index in [4.69, 9.17) is 17.3 Å². The molecule has 0 aliphatic heterocycles. The SMILES string of the molecule is NC(=O)C(=O)c1cccc(Cl)c1. The summed E-state index contributed by atoms with van der Waals surface area (Å²) >= 11 is 5.59. The minimum absolute atomic E-state index is 0.218.